The molecule has 0 atom stereocenters. The van der Waals surface area contributed by atoms with E-state index in [-0.39, 0.29) is 5.78 Å². The Morgan fingerprint density at radius 1 is 0.958 bits per heavy atom. The zero-order valence-corrected chi connectivity index (χ0v) is 13.4. The predicted molar refractivity (Wildman–Crippen MR) is 96.1 cm³/mol. The maximum absolute atomic E-state index is 12.0. The molecule has 24 heavy (non-hydrogen) atoms. The van der Waals surface area contributed by atoms with Crippen LogP contribution in [0.2, 0.25) is 0 Å². The van der Waals surface area contributed by atoms with Gasteiger partial charge < -0.3 is 10.6 Å². The second-order valence-electron chi connectivity index (χ2n) is 5.20. The molecule has 1 heterocycles. The van der Waals surface area contributed by atoms with Crippen molar-refractivity contribution in [2.24, 2.45) is 0 Å². The van der Waals surface area contributed by atoms with Gasteiger partial charge in [0.1, 0.15) is 5.82 Å². The number of nitrogens with zero attached hydrogens (tertiary/aromatic N) is 2. The molecule has 3 aromatic rings. The zero-order valence-electron chi connectivity index (χ0n) is 13.4. The van der Waals surface area contributed by atoms with Crippen LogP contribution in [0.1, 0.15) is 23.7 Å². The first-order valence-electron chi connectivity index (χ1n) is 7.80. The lowest BCUT2D eigenvalue weighted by Crippen LogP contribution is -2.04. The van der Waals surface area contributed by atoms with Crippen LogP contribution in [0.3, 0.4) is 0 Å². The topological polar surface area (TPSA) is 66.9 Å². The normalized spacial score (nSPS) is 10.2. The fourth-order valence-electron chi connectivity index (χ4n) is 2.30. The molecule has 2 N–H and O–H groups in total. The number of hydrogen-bond acceptors (Lipinski definition) is 5. The summed E-state index contributed by atoms with van der Waals surface area (Å²) >= 11 is 0. The Labute approximate surface area is 140 Å². The van der Waals surface area contributed by atoms with Gasteiger partial charge in [0.05, 0.1) is 5.69 Å². The maximum Gasteiger partial charge on any atom is 0.229 e. The van der Waals surface area contributed by atoms with Gasteiger partial charge >= 0.3 is 0 Å². The largest absolute Gasteiger partial charge is 0.339 e. The van der Waals surface area contributed by atoms with Gasteiger partial charge in [0, 0.05) is 23.9 Å². The summed E-state index contributed by atoms with van der Waals surface area (Å²) in [6.07, 6.45) is 2.13. The number of benzene rings is 2. The SMILES string of the molecule is CCC(=O)c1ccccc1Nc1ccnc(Nc2ccccc2)n1. The van der Waals surface area contributed by atoms with Gasteiger partial charge in [-0.05, 0) is 30.3 Å². The van der Waals surface area contributed by atoms with Crippen LogP contribution in [-0.2, 0) is 0 Å². The molecule has 120 valence electrons. The molecule has 0 aliphatic rings. The molecule has 5 heteroatoms. The lowest BCUT2D eigenvalue weighted by molar-refractivity contribution is 0.0989. The Morgan fingerprint density at radius 2 is 1.71 bits per heavy atom. The van der Waals surface area contributed by atoms with Crippen molar-refractivity contribution in [2.45, 2.75) is 13.3 Å². The number of carbonyl (C=O) groups is 1. The highest BCUT2D eigenvalue weighted by atomic mass is 16.1. The Morgan fingerprint density at radius 3 is 2.50 bits per heavy atom. The molecule has 0 amide bonds. The highest BCUT2D eigenvalue weighted by molar-refractivity contribution is 6.01. The molecule has 0 radical (unpaired) electrons. The van der Waals surface area contributed by atoms with Crippen LogP contribution < -0.4 is 10.6 Å². The van der Waals surface area contributed by atoms with Crippen molar-refractivity contribution < 1.29 is 4.79 Å². The minimum atomic E-state index is 0.0924. The molecule has 5 nitrogen and oxygen atoms in total. The van der Waals surface area contributed by atoms with E-state index in [1.165, 1.54) is 0 Å². The molecule has 0 aliphatic carbocycles. The number of carbonyl (C=O) groups excluding carboxylic acids is 1. The summed E-state index contributed by atoms with van der Waals surface area (Å²) in [6.45, 7) is 1.85. The summed E-state index contributed by atoms with van der Waals surface area (Å²) in [5.74, 6) is 1.21. The van der Waals surface area contributed by atoms with Crippen LogP contribution in [0.5, 0.6) is 0 Å². The van der Waals surface area contributed by atoms with E-state index in [1.54, 1.807) is 12.3 Å². The third-order valence-electron chi connectivity index (χ3n) is 3.50. The standard InChI is InChI=1S/C19H18N4O/c1-2-17(24)15-10-6-7-11-16(15)22-18-12-13-20-19(23-18)21-14-8-4-3-5-9-14/h3-13H,2H2,1H3,(H2,20,21,22,23). The molecule has 0 fully saturated rings. The molecule has 0 saturated carbocycles. The van der Waals surface area contributed by atoms with E-state index >= 15 is 0 Å². The fraction of sp³-hybridized carbons (Fsp3) is 0.105. The third kappa shape index (κ3) is 3.76. The molecule has 0 spiro atoms. The monoisotopic (exact) mass is 318 g/mol. The molecule has 0 aliphatic heterocycles. The Balaban J connectivity index is 1.82. The van der Waals surface area contributed by atoms with Crippen LogP contribution in [0.4, 0.5) is 23.1 Å². The predicted octanol–water partition coefficient (Wildman–Crippen LogP) is 4.56. The van der Waals surface area contributed by atoms with Crippen LogP contribution in [0, 0.1) is 0 Å². The summed E-state index contributed by atoms with van der Waals surface area (Å²) in [5, 5.41) is 6.35. The number of ketones is 1. The van der Waals surface area contributed by atoms with Crippen LogP contribution >= 0.6 is 0 Å². The molecule has 0 saturated heterocycles. The Bertz CT molecular complexity index is 834. The van der Waals surface area contributed by atoms with Gasteiger partial charge in [0.15, 0.2) is 5.78 Å². The Kier molecular flexibility index (Phi) is 4.81. The number of aromatic nitrogens is 2. The van der Waals surface area contributed by atoms with Gasteiger partial charge in [0.2, 0.25) is 5.95 Å². The van der Waals surface area contributed by atoms with Crippen molar-refractivity contribution in [3.05, 3.63) is 72.4 Å². The van der Waals surface area contributed by atoms with Gasteiger partial charge in [-0.1, -0.05) is 37.3 Å². The average Bonchev–Trinajstić information content (AvgIpc) is 2.63. The number of hydrogen-bond donors (Lipinski definition) is 2. The highest BCUT2D eigenvalue weighted by Crippen LogP contribution is 2.22. The van der Waals surface area contributed by atoms with Gasteiger partial charge in [0.25, 0.3) is 0 Å². The van der Waals surface area contributed by atoms with E-state index in [4.69, 9.17) is 0 Å². The summed E-state index contributed by atoms with van der Waals surface area (Å²) in [6, 6.07) is 18.9. The first kappa shape index (κ1) is 15.7. The molecule has 0 unspecified atom stereocenters. The second kappa shape index (κ2) is 7.37. The first-order chi connectivity index (χ1) is 11.8. The number of Topliss-reactive ketones (excluding diaryl/α,β-unsaturated/α-hetero) is 1. The molecular weight excluding hydrogens is 300 g/mol. The van der Waals surface area contributed by atoms with Crippen molar-refractivity contribution in [1.82, 2.24) is 9.97 Å². The lowest BCUT2D eigenvalue weighted by atomic mass is 10.1. The summed E-state index contributed by atoms with van der Waals surface area (Å²) < 4.78 is 0. The smallest absolute Gasteiger partial charge is 0.229 e. The number of anilines is 4. The molecule has 1 aromatic heterocycles. The quantitative estimate of drug-likeness (QED) is 0.652. The third-order valence-corrected chi connectivity index (χ3v) is 3.50. The van der Waals surface area contributed by atoms with E-state index in [9.17, 15) is 4.79 Å². The number of rotatable bonds is 6. The van der Waals surface area contributed by atoms with Crippen molar-refractivity contribution >= 4 is 28.9 Å². The number of para-hydroxylation sites is 2. The van der Waals surface area contributed by atoms with Gasteiger partial charge in [-0.2, -0.15) is 4.98 Å². The van der Waals surface area contributed by atoms with E-state index < -0.39 is 0 Å². The summed E-state index contributed by atoms with van der Waals surface area (Å²) in [4.78, 5) is 20.7. The van der Waals surface area contributed by atoms with Crippen LogP contribution in [-0.4, -0.2) is 15.8 Å². The second-order valence-corrected chi connectivity index (χ2v) is 5.20. The minimum Gasteiger partial charge on any atom is -0.339 e. The molecule has 0 bridgehead atoms. The lowest BCUT2D eigenvalue weighted by Gasteiger charge is -2.11. The summed E-state index contributed by atoms with van der Waals surface area (Å²) in [5.41, 5.74) is 2.32. The highest BCUT2D eigenvalue weighted by Gasteiger charge is 2.09. The van der Waals surface area contributed by atoms with Crippen LogP contribution in [0.15, 0.2) is 66.9 Å². The van der Waals surface area contributed by atoms with E-state index in [2.05, 4.69) is 20.6 Å². The van der Waals surface area contributed by atoms with Gasteiger partial charge in [-0.3, -0.25) is 4.79 Å². The maximum atomic E-state index is 12.0. The summed E-state index contributed by atoms with van der Waals surface area (Å²) in [7, 11) is 0. The van der Waals surface area contributed by atoms with E-state index in [1.807, 2.05) is 61.5 Å². The molecule has 3 rings (SSSR count). The zero-order chi connectivity index (χ0) is 16.8. The van der Waals surface area contributed by atoms with E-state index in [0.717, 1.165) is 11.4 Å². The fourth-order valence-corrected chi connectivity index (χ4v) is 2.30. The van der Waals surface area contributed by atoms with Crippen molar-refractivity contribution in [2.75, 3.05) is 10.6 Å². The van der Waals surface area contributed by atoms with E-state index in [0.29, 0.717) is 23.8 Å². The van der Waals surface area contributed by atoms with Gasteiger partial charge in [-0.15, -0.1) is 0 Å². The minimum absolute atomic E-state index is 0.0924. The molecular formula is C19H18N4O. The first-order valence-corrected chi connectivity index (χ1v) is 7.80. The van der Waals surface area contributed by atoms with Gasteiger partial charge in [-0.25, -0.2) is 4.98 Å². The molecule has 2 aromatic carbocycles. The average molecular weight is 318 g/mol. The van der Waals surface area contributed by atoms with Crippen molar-refractivity contribution in [3.63, 3.8) is 0 Å². The van der Waals surface area contributed by atoms with Crippen LogP contribution in [0.25, 0.3) is 0 Å². The number of nitrogens with one attached hydrogen (secondary N) is 2. The van der Waals surface area contributed by atoms with Crippen molar-refractivity contribution in [1.29, 1.82) is 0 Å². The Hall–Kier alpha value is -3.21. The van der Waals surface area contributed by atoms with Crippen molar-refractivity contribution in [3.8, 4) is 0 Å².